The lowest BCUT2D eigenvalue weighted by atomic mass is 9.65. The molecule has 16 aromatic carbocycles. The van der Waals surface area contributed by atoms with E-state index in [4.69, 9.17) is 44.1 Å². The highest BCUT2D eigenvalue weighted by Crippen LogP contribution is 2.57. The number of para-hydroxylation sites is 12. The van der Waals surface area contributed by atoms with Crippen LogP contribution in [-0.2, 0) is 16.2 Å². The van der Waals surface area contributed by atoms with E-state index < -0.39 is 0 Å². The third-order valence-corrected chi connectivity index (χ3v) is 30.9. The standard InChI is InChI=1S/C47H38N2O.C46H37N3O.C43H34N6O/c1-4-14-35(15-5-1)41-32-37(33-42(48-41)36-16-6-2-7-17-36)34-22-24-38(25-23-34)47(30-12-3-13-31-47)39-26-28-40(29-27-39)49-43-18-8-10-20-45(43)50-46-21-11-9-19-44(46)49;1-4-14-33(15-5-1)39-32-40(48-45(47-39)35-16-6-2-7-17-35)34-22-24-36(25-23-34)46(30-12-3-13-31-46)37-26-28-38(29-27-37)49-41-18-8-10-20-43(41)50-44-21-11-9-19-42(44)49;1-6-24-43(25-7-1,34-20-22-35(23-21-34)49-36-12-2-4-14-38(36)50-39-15-5-3-13-37(39)49)33-18-16-30(17-19-33)40-46-41(31-10-8-26-44-28-31)48-42(47-40)32-11-9-27-45-29-32/h1-2,4-11,14-29,32-33H,3,12-13,30-31H2;1-2,4-11,14-29,32H,3,12-13,30-31H2;2-5,8-23,26-29H,1,6-7,24-25H2. The smallest absolute Gasteiger partial charge is 0.165 e. The first-order chi connectivity index (χ1) is 74.2. The van der Waals surface area contributed by atoms with Gasteiger partial charge >= 0.3 is 0 Å². The zero-order valence-electron chi connectivity index (χ0n) is 83.4. The van der Waals surface area contributed by atoms with Gasteiger partial charge in [0.15, 0.2) is 57.8 Å². The van der Waals surface area contributed by atoms with E-state index >= 15 is 0 Å². The molecule has 0 saturated heterocycles. The SMILES string of the molecule is c1ccc(-c2cc(-c3ccc(C4(c5ccc(N6c7ccccc7Oc7ccccc76)cc5)CCCCC4)cc3)cc(-c3ccccc3)n2)cc1.c1ccc(-c2cc(-c3ccc(C4(c5ccc(N6c7ccccc7Oc7ccccc76)cc5)CCCCC4)cc3)nc(-c3ccccc3)n2)cc1.c1cncc(-c2nc(-c3ccc(C4(c5ccc(N6c7ccccc7Oc7ccccc76)cc5)CCCCC4)cc3)nc(-c3cccnc3)n2)c1. The highest BCUT2D eigenvalue weighted by Gasteiger charge is 2.41. The fraction of sp³-hybridized carbons (Fsp3) is 0.132. The summed E-state index contributed by atoms with van der Waals surface area (Å²) in [6.07, 6.45) is 25.0. The number of fused-ring (bicyclic) bond motifs is 6. The Kier molecular flexibility index (Phi) is 25.7. The summed E-state index contributed by atoms with van der Waals surface area (Å²) in [6, 6.07) is 161. The van der Waals surface area contributed by atoms with Crippen molar-refractivity contribution in [1.82, 2.24) is 39.9 Å². The first-order valence-corrected chi connectivity index (χ1v) is 52.6. The number of aromatic nitrogens is 8. The number of anilines is 9. The molecular formula is C136H109N11O3. The Morgan fingerprint density at radius 1 is 0.173 bits per heavy atom. The van der Waals surface area contributed by atoms with Gasteiger partial charge in [-0.1, -0.05) is 361 Å². The fourth-order valence-corrected chi connectivity index (χ4v) is 23.3. The average Bonchev–Trinajstić information content (AvgIpc) is 0.753. The van der Waals surface area contributed by atoms with Gasteiger partial charge in [-0.3, -0.25) is 9.97 Å². The largest absolute Gasteiger partial charge is 0.453 e. The van der Waals surface area contributed by atoms with Crippen LogP contribution in [0.2, 0.25) is 0 Å². The predicted molar refractivity (Wildman–Crippen MR) is 606 cm³/mol. The Morgan fingerprint density at radius 2 is 0.400 bits per heavy atom. The van der Waals surface area contributed by atoms with Crippen LogP contribution in [0.15, 0.2) is 480 Å². The van der Waals surface area contributed by atoms with E-state index in [9.17, 15) is 0 Å². The van der Waals surface area contributed by atoms with Crippen molar-refractivity contribution < 1.29 is 14.2 Å². The molecule has 27 rings (SSSR count). The molecule has 3 saturated carbocycles. The number of nitrogens with zero attached hydrogens (tertiary/aromatic N) is 11. The topological polar surface area (TPSA) is 141 Å². The van der Waals surface area contributed by atoms with E-state index in [-0.39, 0.29) is 16.2 Å². The molecule has 3 fully saturated rings. The minimum atomic E-state index is -0.0724. The summed E-state index contributed by atoms with van der Waals surface area (Å²) in [5.74, 6) is 7.73. The van der Waals surface area contributed by atoms with E-state index in [0.29, 0.717) is 17.5 Å². The molecule has 0 spiro atoms. The normalized spacial score (nSPS) is 14.7. The second kappa shape index (κ2) is 41.4. The van der Waals surface area contributed by atoms with E-state index in [1.54, 1.807) is 24.8 Å². The Hall–Kier alpha value is -18.1. The van der Waals surface area contributed by atoms with E-state index in [2.05, 4.69) is 358 Å². The van der Waals surface area contributed by atoms with Crippen molar-refractivity contribution in [2.45, 2.75) is 113 Å². The second-order valence-electron chi connectivity index (χ2n) is 39.8. The maximum Gasteiger partial charge on any atom is 0.165 e. The second-order valence-corrected chi connectivity index (χ2v) is 39.8. The predicted octanol–water partition coefficient (Wildman–Crippen LogP) is 35.7. The molecule has 0 N–H and O–H groups in total. The molecule has 0 radical (unpaired) electrons. The van der Waals surface area contributed by atoms with Crippen LogP contribution in [0, 0.1) is 0 Å². The summed E-state index contributed by atoms with van der Waals surface area (Å²) in [4.78, 5) is 45.3. The van der Waals surface area contributed by atoms with Gasteiger partial charge in [0.1, 0.15) is 0 Å². The molecule has 5 aromatic heterocycles. The first kappa shape index (κ1) is 93.0. The molecule has 150 heavy (non-hydrogen) atoms. The lowest BCUT2D eigenvalue weighted by Gasteiger charge is -2.39. The Morgan fingerprint density at radius 3 is 0.693 bits per heavy atom. The zero-order valence-corrected chi connectivity index (χ0v) is 83.4. The third kappa shape index (κ3) is 18.5. The number of hydrogen-bond donors (Lipinski definition) is 0. The van der Waals surface area contributed by atoms with Gasteiger partial charge in [0.05, 0.1) is 56.9 Å². The van der Waals surface area contributed by atoms with Crippen LogP contribution >= 0.6 is 0 Å². The molecule has 8 heterocycles. The molecule has 726 valence electrons. The van der Waals surface area contributed by atoms with Gasteiger partial charge in [0, 0.05) is 103 Å². The van der Waals surface area contributed by atoms with Gasteiger partial charge in [-0.05, 0) is 235 Å². The Bertz CT molecular complexity index is 7260. The lowest BCUT2D eigenvalue weighted by molar-refractivity contribution is 0.346. The molecule has 14 heteroatoms. The quantitative estimate of drug-likeness (QED) is 0.0804. The highest BCUT2D eigenvalue weighted by molar-refractivity contribution is 5.90. The molecule has 0 atom stereocenters. The molecule has 0 amide bonds. The summed E-state index contributed by atoms with van der Waals surface area (Å²) in [5.41, 5.74) is 32.0. The summed E-state index contributed by atoms with van der Waals surface area (Å²) < 4.78 is 18.8. The van der Waals surface area contributed by atoms with Crippen molar-refractivity contribution >= 4 is 51.2 Å². The van der Waals surface area contributed by atoms with Crippen LogP contribution in [-0.4, -0.2) is 39.9 Å². The van der Waals surface area contributed by atoms with Crippen LogP contribution < -0.4 is 28.9 Å². The number of ether oxygens (including phenoxy) is 3. The fourth-order valence-electron chi connectivity index (χ4n) is 23.3. The lowest BCUT2D eigenvalue weighted by Crippen LogP contribution is -2.30. The number of rotatable bonds is 18. The van der Waals surface area contributed by atoms with Crippen LogP contribution in [0.5, 0.6) is 34.5 Å². The number of hydrogen-bond acceptors (Lipinski definition) is 14. The maximum absolute atomic E-state index is 6.28. The van der Waals surface area contributed by atoms with Gasteiger partial charge in [0.2, 0.25) is 0 Å². The molecule has 21 aromatic rings. The molecule has 0 unspecified atom stereocenters. The molecule has 0 bridgehead atoms. The Balaban J connectivity index is 0.000000116. The number of benzene rings is 16. The van der Waals surface area contributed by atoms with Crippen molar-refractivity contribution in [3.05, 3.63) is 513 Å². The summed E-state index contributed by atoms with van der Waals surface area (Å²) in [6.45, 7) is 0. The van der Waals surface area contributed by atoms with Crippen molar-refractivity contribution in [3.63, 3.8) is 0 Å². The van der Waals surface area contributed by atoms with Gasteiger partial charge in [-0.15, -0.1) is 0 Å². The summed E-state index contributed by atoms with van der Waals surface area (Å²) >= 11 is 0. The molecule has 14 nitrogen and oxygen atoms in total. The van der Waals surface area contributed by atoms with Gasteiger partial charge in [-0.2, -0.15) is 0 Å². The number of pyridine rings is 3. The maximum atomic E-state index is 6.28. The monoisotopic (exact) mass is 1940 g/mol. The minimum absolute atomic E-state index is 0.0151. The van der Waals surface area contributed by atoms with Crippen molar-refractivity contribution in [1.29, 1.82) is 0 Å². The van der Waals surface area contributed by atoms with Crippen molar-refractivity contribution in [2.75, 3.05) is 14.7 Å². The minimum Gasteiger partial charge on any atom is -0.453 e. The van der Waals surface area contributed by atoms with E-state index in [1.807, 2.05) is 121 Å². The Labute approximate surface area is 875 Å². The molecular weight excluding hydrogens is 1840 g/mol. The summed E-state index contributed by atoms with van der Waals surface area (Å²) in [7, 11) is 0. The van der Waals surface area contributed by atoms with Gasteiger partial charge in [-0.25, -0.2) is 29.9 Å². The van der Waals surface area contributed by atoms with E-state index in [0.717, 1.165) is 197 Å². The van der Waals surface area contributed by atoms with Crippen LogP contribution in [0.4, 0.5) is 51.2 Å². The van der Waals surface area contributed by atoms with Crippen molar-refractivity contribution in [3.8, 4) is 136 Å². The average molecular weight is 1950 g/mol. The van der Waals surface area contributed by atoms with Gasteiger partial charge in [0.25, 0.3) is 0 Å². The first-order valence-electron chi connectivity index (χ1n) is 52.6. The molecule has 3 aliphatic carbocycles. The molecule has 6 aliphatic rings. The van der Waals surface area contributed by atoms with E-state index in [1.165, 1.54) is 102 Å². The zero-order chi connectivity index (χ0) is 100.0. The van der Waals surface area contributed by atoms with Crippen molar-refractivity contribution in [2.24, 2.45) is 0 Å². The van der Waals surface area contributed by atoms with Gasteiger partial charge < -0.3 is 28.9 Å². The van der Waals surface area contributed by atoms with Crippen LogP contribution in [0.3, 0.4) is 0 Å². The third-order valence-electron chi connectivity index (χ3n) is 30.9. The summed E-state index contributed by atoms with van der Waals surface area (Å²) in [5, 5.41) is 0. The van der Waals surface area contributed by atoms with Crippen LogP contribution in [0.1, 0.15) is 130 Å². The molecule has 3 aliphatic heterocycles. The highest BCUT2D eigenvalue weighted by atomic mass is 16.5. The van der Waals surface area contributed by atoms with Crippen LogP contribution in [0.25, 0.3) is 102 Å².